The van der Waals surface area contributed by atoms with Crippen molar-refractivity contribution in [3.05, 3.63) is 36.1 Å². The van der Waals surface area contributed by atoms with Gasteiger partial charge >= 0.3 is 5.97 Å². The first-order valence-corrected chi connectivity index (χ1v) is 4.31. The standard InChI is InChI=1S/C9H6O3.C2H6O/c10-9(11)8-5-6-3-1-2-4-7(6)12-8;1-3-2/h1-5H,(H,10,11);1-2H3. The number of methoxy groups -OCH3 is 1. The molecule has 0 unspecified atom stereocenters. The van der Waals surface area contributed by atoms with Crippen molar-refractivity contribution < 1.29 is 19.1 Å². The van der Waals surface area contributed by atoms with E-state index in [-0.39, 0.29) is 5.76 Å². The van der Waals surface area contributed by atoms with E-state index in [1.54, 1.807) is 26.4 Å². The minimum absolute atomic E-state index is 0.0174. The molecular formula is C11H12O4. The van der Waals surface area contributed by atoms with E-state index in [1.807, 2.05) is 12.1 Å². The SMILES string of the molecule is COC.O=C(O)c1cc2ccccc2o1. The summed E-state index contributed by atoms with van der Waals surface area (Å²) in [6, 6.07) is 8.70. The van der Waals surface area contributed by atoms with Gasteiger partial charge in [-0.25, -0.2) is 4.79 Å². The predicted molar refractivity (Wildman–Crippen MR) is 56.1 cm³/mol. The fourth-order valence-electron chi connectivity index (χ4n) is 1.09. The van der Waals surface area contributed by atoms with E-state index in [4.69, 9.17) is 9.52 Å². The van der Waals surface area contributed by atoms with Gasteiger partial charge in [-0.1, -0.05) is 18.2 Å². The van der Waals surface area contributed by atoms with Crippen LogP contribution in [0.5, 0.6) is 0 Å². The van der Waals surface area contributed by atoms with Crippen LogP contribution in [-0.4, -0.2) is 25.3 Å². The van der Waals surface area contributed by atoms with Crippen molar-refractivity contribution in [1.82, 2.24) is 0 Å². The minimum atomic E-state index is -1.04. The smallest absolute Gasteiger partial charge is 0.371 e. The normalized spacial score (nSPS) is 9.47. The lowest BCUT2D eigenvalue weighted by Crippen LogP contribution is -1.91. The van der Waals surface area contributed by atoms with Gasteiger partial charge in [0.25, 0.3) is 0 Å². The first kappa shape index (κ1) is 11.3. The number of rotatable bonds is 1. The zero-order chi connectivity index (χ0) is 11.3. The molecule has 0 saturated heterocycles. The summed E-state index contributed by atoms with van der Waals surface area (Å²) in [4.78, 5) is 10.5. The molecule has 1 heterocycles. The van der Waals surface area contributed by atoms with E-state index in [1.165, 1.54) is 6.07 Å². The summed E-state index contributed by atoms with van der Waals surface area (Å²) in [5.74, 6) is -1.05. The Balaban J connectivity index is 0.000000337. The topological polar surface area (TPSA) is 59.7 Å². The Bertz CT molecular complexity index is 412. The van der Waals surface area contributed by atoms with Crippen molar-refractivity contribution in [2.45, 2.75) is 0 Å². The molecule has 0 fully saturated rings. The molecule has 0 bridgehead atoms. The molecule has 1 aromatic carbocycles. The van der Waals surface area contributed by atoms with Crippen LogP contribution in [0.4, 0.5) is 0 Å². The Kier molecular flexibility index (Phi) is 3.88. The Labute approximate surface area is 87.1 Å². The number of hydrogen-bond acceptors (Lipinski definition) is 3. The lowest BCUT2D eigenvalue weighted by atomic mass is 10.2. The third kappa shape index (κ3) is 2.82. The molecule has 1 aromatic heterocycles. The lowest BCUT2D eigenvalue weighted by Gasteiger charge is -1.83. The fourth-order valence-corrected chi connectivity index (χ4v) is 1.09. The van der Waals surface area contributed by atoms with E-state index < -0.39 is 5.97 Å². The molecule has 2 aromatic rings. The molecule has 0 spiro atoms. The Morgan fingerprint density at radius 3 is 2.47 bits per heavy atom. The first-order valence-electron chi connectivity index (χ1n) is 4.31. The monoisotopic (exact) mass is 208 g/mol. The number of carbonyl (C=O) groups is 1. The summed E-state index contributed by atoms with van der Waals surface area (Å²) in [5.41, 5.74) is 0.606. The van der Waals surface area contributed by atoms with E-state index >= 15 is 0 Å². The van der Waals surface area contributed by atoms with E-state index in [0.29, 0.717) is 5.58 Å². The second kappa shape index (κ2) is 5.17. The van der Waals surface area contributed by atoms with Crippen molar-refractivity contribution in [2.24, 2.45) is 0 Å². The fraction of sp³-hybridized carbons (Fsp3) is 0.182. The molecule has 2 rings (SSSR count). The second-order valence-electron chi connectivity index (χ2n) is 2.86. The highest BCUT2D eigenvalue weighted by Crippen LogP contribution is 2.18. The number of para-hydroxylation sites is 1. The molecule has 0 aliphatic carbocycles. The average molecular weight is 208 g/mol. The molecule has 0 amide bonds. The molecule has 80 valence electrons. The highest BCUT2D eigenvalue weighted by atomic mass is 16.4. The molecule has 4 nitrogen and oxygen atoms in total. The third-order valence-electron chi connectivity index (χ3n) is 1.64. The van der Waals surface area contributed by atoms with Gasteiger partial charge in [-0.3, -0.25) is 0 Å². The maximum Gasteiger partial charge on any atom is 0.371 e. The van der Waals surface area contributed by atoms with Gasteiger partial charge in [-0.05, 0) is 12.1 Å². The van der Waals surface area contributed by atoms with Crippen LogP contribution in [0.25, 0.3) is 11.0 Å². The van der Waals surface area contributed by atoms with E-state index in [9.17, 15) is 4.79 Å². The molecule has 0 atom stereocenters. The summed E-state index contributed by atoms with van der Waals surface area (Å²) in [6.07, 6.45) is 0. The van der Waals surface area contributed by atoms with Crippen LogP contribution in [-0.2, 0) is 4.74 Å². The molecule has 0 radical (unpaired) electrons. The van der Waals surface area contributed by atoms with Gasteiger partial charge in [-0.2, -0.15) is 0 Å². The maximum atomic E-state index is 10.5. The molecule has 4 heteroatoms. The number of furan rings is 1. The van der Waals surface area contributed by atoms with Gasteiger partial charge in [0.2, 0.25) is 5.76 Å². The summed E-state index contributed by atoms with van der Waals surface area (Å²) in [7, 11) is 3.25. The van der Waals surface area contributed by atoms with Crippen LogP contribution in [0.15, 0.2) is 34.7 Å². The first-order chi connectivity index (χ1) is 7.19. The zero-order valence-electron chi connectivity index (χ0n) is 8.56. The van der Waals surface area contributed by atoms with Crippen LogP contribution in [0.2, 0.25) is 0 Å². The number of carboxylic acid groups (broad SMARTS) is 1. The van der Waals surface area contributed by atoms with Crippen LogP contribution >= 0.6 is 0 Å². The van der Waals surface area contributed by atoms with Gasteiger partial charge in [-0.15, -0.1) is 0 Å². The highest BCUT2D eigenvalue weighted by molar-refractivity contribution is 5.91. The number of ether oxygens (including phenoxy) is 1. The third-order valence-corrected chi connectivity index (χ3v) is 1.64. The quantitative estimate of drug-likeness (QED) is 0.781. The molecular weight excluding hydrogens is 196 g/mol. The Morgan fingerprint density at radius 1 is 1.33 bits per heavy atom. The number of fused-ring (bicyclic) bond motifs is 1. The van der Waals surface area contributed by atoms with Crippen molar-refractivity contribution in [3.63, 3.8) is 0 Å². The number of benzene rings is 1. The Morgan fingerprint density at radius 2 is 1.93 bits per heavy atom. The molecule has 0 saturated carbocycles. The summed E-state index contributed by atoms with van der Waals surface area (Å²) >= 11 is 0. The second-order valence-corrected chi connectivity index (χ2v) is 2.86. The van der Waals surface area contributed by atoms with Gasteiger partial charge in [0.1, 0.15) is 5.58 Å². The van der Waals surface area contributed by atoms with Crippen molar-refractivity contribution in [3.8, 4) is 0 Å². The highest BCUT2D eigenvalue weighted by Gasteiger charge is 2.08. The van der Waals surface area contributed by atoms with Gasteiger partial charge in [0.05, 0.1) is 0 Å². The minimum Gasteiger partial charge on any atom is -0.475 e. The van der Waals surface area contributed by atoms with Crippen molar-refractivity contribution in [1.29, 1.82) is 0 Å². The van der Waals surface area contributed by atoms with E-state index in [0.717, 1.165) is 5.39 Å². The summed E-state index contributed by atoms with van der Waals surface area (Å²) in [5, 5.41) is 9.41. The number of aromatic carboxylic acids is 1. The average Bonchev–Trinajstić information content (AvgIpc) is 2.62. The van der Waals surface area contributed by atoms with Crippen LogP contribution in [0.1, 0.15) is 10.6 Å². The summed E-state index contributed by atoms with van der Waals surface area (Å²) < 4.78 is 9.28. The summed E-state index contributed by atoms with van der Waals surface area (Å²) in [6.45, 7) is 0. The van der Waals surface area contributed by atoms with Gasteiger partial charge < -0.3 is 14.3 Å². The lowest BCUT2D eigenvalue weighted by molar-refractivity contribution is 0.0665. The van der Waals surface area contributed by atoms with Crippen LogP contribution in [0.3, 0.4) is 0 Å². The van der Waals surface area contributed by atoms with Crippen molar-refractivity contribution >= 4 is 16.9 Å². The molecule has 1 N–H and O–H groups in total. The molecule has 15 heavy (non-hydrogen) atoms. The van der Waals surface area contributed by atoms with E-state index in [2.05, 4.69) is 4.74 Å². The largest absolute Gasteiger partial charge is 0.475 e. The molecule has 0 aliphatic heterocycles. The maximum absolute atomic E-state index is 10.5. The Hall–Kier alpha value is -1.81. The zero-order valence-corrected chi connectivity index (χ0v) is 8.56. The number of hydrogen-bond donors (Lipinski definition) is 1. The van der Waals surface area contributed by atoms with Gasteiger partial charge in [0.15, 0.2) is 0 Å². The van der Waals surface area contributed by atoms with Crippen molar-refractivity contribution in [2.75, 3.05) is 14.2 Å². The predicted octanol–water partition coefficient (Wildman–Crippen LogP) is 2.39. The van der Waals surface area contributed by atoms with Crippen LogP contribution in [0, 0.1) is 0 Å². The number of carboxylic acids is 1. The van der Waals surface area contributed by atoms with Gasteiger partial charge in [0, 0.05) is 19.6 Å². The van der Waals surface area contributed by atoms with Crippen LogP contribution < -0.4 is 0 Å². The molecule has 0 aliphatic rings.